The standard InChI is InChI=1S/C7H6N2O4S.Na.H/c10-7-8-5-2-1-4(14(11,12)13)3-6(5)9-7;;/h1-3H,(H2,8,9,10)(H,11,12,13);;. The fraction of sp³-hybridized carbons (Fsp3) is 0. The summed E-state index contributed by atoms with van der Waals surface area (Å²) >= 11 is 0. The van der Waals surface area contributed by atoms with Crippen molar-refractivity contribution >= 4 is 50.7 Å². The maximum absolute atomic E-state index is 10.8. The first-order valence-electron chi connectivity index (χ1n) is 3.66. The Bertz CT molecular complexity index is 642. The van der Waals surface area contributed by atoms with Crippen LogP contribution in [-0.2, 0) is 10.1 Å². The number of aromatic amines is 2. The third kappa shape index (κ3) is 2.50. The summed E-state index contributed by atoms with van der Waals surface area (Å²) in [5.74, 6) is 0. The Balaban J connectivity index is 0.00000112. The van der Waals surface area contributed by atoms with Crippen molar-refractivity contribution in [3.8, 4) is 0 Å². The van der Waals surface area contributed by atoms with Crippen molar-refractivity contribution in [3.63, 3.8) is 0 Å². The van der Waals surface area contributed by atoms with Crippen molar-refractivity contribution in [2.45, 2.75) is 4.90 Å². The summed E-state index contributed by atoms with van der Waals surface area (Å²) in [6.45, 7) is 0. The van der Waals surface area contributed by atoms with Crippen LogP contribution in [0.15, 0.2) is 27.9 Å². The fourth-order valence-corrected chi connectivity index (χ4v) is 1.68. The Kier molecular flexibility index (Phi) is 3.41. The molecule has 3 N–H and O–H groups in total. The normalized spacial score (nSPS) is 11.3. The summed E-state index contributed by atoms with van der Waals surface area (Å²) in [5, 5.41) is 0. The molecule has 0 aliphatic rings. The van der Waals surface area contributed by atoms with Gasteiger partial charge in [0.05, 0.1) is 15.9 Å². The molecule has 1 aromatic carbocycles. The number of hydrogen-bond acceptors (Lipinski definition) is 3. The van der Waals surface area contributed by atoms with Crippen molar-refractivity contribution in [1.82, 2.24) is 9.97 Å². The molecular formula is C7H7N2NaO4S. The monoisotopic (exact) mass is 238 g/mol. The number of imidazole rings is 1. The molecule has 0 saturated heterocycles. The zero-order chi connectivity index (χ0) is 10.3. The first-order valence-corrected chi connectivity index (χ1v) is 5.10. The van der Waals surface area contributed by atoms with Gasteiger partial charge in [-0.3, -0.25) is 4.55 Å². The van der Waals surface area contributed by atoms with Crippen LogP contribution in [0, 0.1) is 0 Å². The minimum atomic E-state index is -4.22. The average Bonchev–Trinajstić information content (AvgIpc) is 2.41. The van der Waals surface area contributed by atoms with Crippen LogP contribution in [-0.4, -0.2) is 52.5 Å². The Morgan fingerprint density at radius 3 is 2.33 bits per heavy atom. The molecule has 0 atom stereocenters. The number of hydrogen-bond donors (Lipinski definition) is 3. The van der Waals surface area contributed by atoms with Crippen LogP contribution in [0.3, 0.4) is 0 Å². The number of rotatable bonds is 1. The quantitative estimate of drug-likeness (QED) is 0.458. The summed E-state index contributed by atoms with van der Waals surface area (Å²) in [6, 6.07) is 3.79. The molecule has 8 heteroatoms. The van der Waals surface area contributed by atoms with Crippen LogP contribution in [0.2, 0.25) is 0 Å². The van der Waals surface area contributed by atoms with Gasteiger partial charge in [0, 0.05) is 0 Å². The number of H-pyrrole nitrogens is 2. The van der Waals surface area contributed by atoms with Crippen LogP contribution in [0.5, 0.6) is 0 Å². The Hall–Kier alpha value is -0.600. The first-order chi connectivity index (χ1) is 6.47. The van der Waals surface area contributed by atoms with Gasteiger partial charge in [0.2, 0.25) is 0 Å². The molecule has 0 aliphatic carbocycles. The maximum atomic E-state index is 10.8. The van der Waals surface area contributed by atoms with Gasteiger partial charge >= 0.3 is 35.2 Å². The van der Waals surface area contributed by atoms with E-state index < -0.39 is 15.8 Å². The summed E-state index contributed by atoms with van der Waals surface area (Å²) < 4.78 is 30.2. The molecule has 0 bridgehead atoms. The van der Waals surface area contributed by atoms with Crippen molar-refractivity contribution in [1.29, 1.82) is 0 Å². The van der Waals surface area contributed by atoms with Crippen LogP contribution in [0.25, 0.3) is 11.0 Å². The van der Waals surface area contributed by atoms with Crippen LogP contribution >= 0.6 is 0 Å². The number of nitrogens with one attached hydrogen (secondary N) is 2. The second-order valence-electron chi connectivity index (χ2n) is 2.76. The third-order valence-corrected chi connectivity index (χ3v) is 2.63. The van der Waals surface area contributed by atoms with Gasteiger partial charge in [-0.2, -0.15) is 8.42 Å². The zero-order valence-corrected chi connectivity index (χ0v) is 7.63. The molecule has 0 radical (unpaired) electrons. The van der Waals surface area contributed by atoms with Gasteiger partial charge in [-0.05, 0) is 18.2 Å². The molecule has 0 aliphatic heterocycles. The molecule has 76 valence electrons. The fourth-order valence-electron chi connectivity index (χ4n) is 1.17. The van der Waals surface area contributed by atoms with Crippen molar-refractivity contribution < 1.29 is 13.0 Å². The number of fused-ring (bicyclic) bond motifs is 1. The summed E-state index contributed by atoms with van der Waals surface area (Å²) in [6.07, 6.45) is 0. The first kappa shape index (κ1) is 12.5. The van der Waals surface area contributed by atoms with Gasteiger partial charge < -0.3 is 9.97 Å². The minimum absolute atomic E-state index is 0. The molecule has 0 saturated carbocycles. The molecule has 2 rings (SSSR count). The molecule has 15 heavy (non-hydrogen) atoms. The van der Waals surface area contributed by atoms with E-state index in [1.807, 2.05) is 0 Å². The third-order valence-electron chi connectivity index (χ3n) is 1.79. The van der Waals surface area contributed by atoms with E-state index in [2.05, 4.69) is 9.97 Å². The van der Waals surface area contributed by atoms with Gasteiger partial charge in [0.1, 0.15) is 0 Å². The van der Waals surface area contributed by atoms with E-state index >= 15 is 0 Å². The van der Waals surface area contributed by atoms with Crippen LogP contribution in [0.1, 0.15) is 0 Å². The predicted octanol–water partition coefficient (Wildman–Crippen LogP) is -0.546. The molecule has 0 amide bonds. The van der Waals surface area contributed by atoms with E-state index in [0.29, 0.717) is 11.0 Å². The molecule has 1 heterocycles. The molecular weight excluding hydrogens is 231 g/mol. The molecule has 0 spiro atoms. The predicted molar refractivity (Wildman–Crippen MR) is 55.9 cm³/mol. The molecule has 0 unspecified atom stereocenters. The molecule has 0 fully saturated rings. The van der Waals surface area contributed by atoms with E-state index in [-0.39, 0.29) is 34.5 Å². The van der Waals surface area contributed by atoms with Crippen LogP contribution in [0.4, 0.5) is 0 Å². The molecule has 2 aromatic rings. The van der Waals surface area contributed by atoms with Gasteiger partial charge in [-0.1, -0.05) is 0 Å². The van der Waals surface area contributed by atoms with E-state index in [4.69, 9.17) is 4.55 Å². The second-order valence-corrected chi connectivity index (χ2v) is 4.18. The average molecular weight is 238 g/mol. The number of aromatic nitrogens is 2. The number of benzene rings is 1. The Morgan fingerprint density at radius 1 is 1.13 bits per heavy atom. The zero-order valence-electron chi connectivity index (χ0n) is 6.81. The SMILES string of the molecule is O=c1[nH]c2ccc(S(=O)(=O)O)cc2[nH]1.[NaH]. The summed E-state index contributed by atoms with van der Waals surface area (Å²) in [7, 11) is -4.22. The summed E-state index contributed by atoms with van der Waals surface area (Å²) in [5.41, 5.74) is 0.403. The van der Waals surface area contributed by atoms with Crippen molar-refractivity contribution in [3.05, 3.63) is 28.7 Å². The van der Waals surface area contributed by atoms with Gasteiger partial charge in [0.25, 0.3) is 10.1 Å². The van der Waals surface area contributed by atoms with E-state index in [1.54, 1.807) is 0 Å². The summed E-state index contributed by atoms with van der Waals surface area (Å²) in [4.78, 5) is 15.4. The van der Waals surface area contributed by atoms with Gasteiger partial charge in [-0.25, -0.2) is 4.79 Å². The molecule has 6 nitrogen and oxygen atoms in total. The van der Waals surface area contributed by atoms with Crippen LogP contribution < -0.4 is 5.69 Å². The Morgan fingerprint density at radius 2 is 1.73 bits per heavy atom. The molecule has 1 aromatic heterocycles. The van der Waals surface area contributed by atoms with Gasteiger partial charge in [0.15, 0.2) is 0 Å². The Labute approximate surface area is 107 Å². The topological polar surface area (TPSA) is 103 Å². The van der Waals surface area contributed by atoms with E-state index in [1.165, 1.54) is 18.2 Å². The van der Waals surface area contributed by atoms with Gasteiger partial charge in [-0.15, -0.1) is 0 Å². The van der Waals surface area contributed by atoms with Crippen molar-refractivity contribution in [2.75, 3.05) is 0 Å². The van der Waals surface area contributed by atoms with Crippen molar-refractivity contribution in [2.24, 2.45) is 0 Å². The second kappa shape index (κ2) is 4.11. The van der Waals surface area contributed by atoms with E-state index in [0.717, 1.165) is 0 Å². The van der Waals surface area contributed by atoms with E-state index in [9.17, 15) is 13.2 Å².